The van der Waals surface area contributed by atoms with Crippen molar-refractivity contribution in [2.45, 2.75) is 58.8 Å². The molecule has 2 nitrogen and oxygen atoms in total. The summed E-state index contributed by atoms with van der Waals surface area (Å²) in [5.41, 5.74) is 7.62. The predicted octanol–water partition coefficient (Wildman–Crippen LogP) is 6.30. The van der Waals surface area contributed by atoms with Crippen LogP contribution in [0.4, 0.5) is 5.69 Å². The molecule has 0 aliphatic heterocycles. The van der Waals surface area contributed by atoms with Gasteiger partial charge >= 0.3 is 0 Å². The Morgan fingerprint density at radius 1 is 1.12 bits per heavy atom. The highest BCUT2D eigenvalue weighted by Gasteiger charge is 2.28. The SMILES string of the molecule is C=C(CCC1CCCC1c1cncc(C)c1)Nc1ccc(C)c(C)c1. The van der Waals surface area contributed by atoms with Crippen LogP contribution >= 0.6 is 0 Å². The van der Waals surface area contributed by atoms with Gasteiger partial charge in [0.05, 0.1) is 0 Å². The second-order valence-electron chi connectivity index (χ2n) is 7.66. The van der Waals surface area contributed by atoms with Crippen molar-refractivity contribution < 1.29 is 0 Å². The summed E-state index contributed by atoms with van der Waals surface area (Å²) in [6.07, 6.45) is 10.2. The summed E-state index contributed by atoms with van der Waals surface area (Å²) < 4.78 is 0. The van der Waals surface area contributed by atoms with Gasteiger partial charge in [-0.1, -0.05) is 25.1 Å². The molecule has 1 aliphatic carbocycles. The summed E-state index contributed by atoms with van der Waals surface area (Å²) >= 11 is 0. The van der Waals surface area contributed by atoms with Crippen molar-refractivity contribution >= 4 is 5.69 Å². The Hall–Kier alpha value is -2.09. The van der Waals surface area contributed by atoms with E-state index in [1.165, 1.54) is 47.9 Å². The molecule has 3 rings (SSSR count). The molecule has 1 aromatic carbocycles. The highest BCUT2D eigenvalue weighted by atomic mass is 14.9. The number of pyridine rings is 1. The highest BCUT2D eigenvalue weighted by molar-refractivity contribution is 5.51. The Balaban J connectivity index is 1.56. The number of aryl methyl sites for hydroxylation is 3. The molecule has 1 aromatic heterocycles. The van der Waals surface area contributed by atoms with Gasteiger partial charge in [0.2, 0.25) is 0 Å². The van der Waals surface area contributed by atoms with Crippen LogP contribution in [0.1, 0.15) is 60.3 Å². The van der Waals surface area contributed by atoms with Crippen molar-refractivity contribution in [2.75, 3.05) is 5.32 Å². The Morgan fingerprint density at radius 3 is 2.72 bits per heavy atom. The smallest absolute Gasteiger partial charge is 0.0384 e. The molecule has 2 aromatic rings. The molecule has 0 amide bonds. The number of hydrogen-bond acceptors (Lipinski definition) is 2. The predicted molar refractivity (Wildman–Crippen MR) is 107 cm³/mol. The lowest BCUT2D eigenvalue weighted by molar-refractivity contribution is 0.448. The molecule has 0 spiro atoms. The number of nitrogens with one attached hydrogen (secondary N) is 1. The molecule has 2 unspecified atom stereocenters. The maximum Gasteiger partial charge on any atom is 0.0384 e. The molecule has 1 aliphatic rings. The fourth-order valence-electron chi connectivity index (χ4n) is 4.05. The van der Waals surface area contributed by atoms with Crippen LogP contribution in [-0.2, 0) is 0 Å². The van der Waals surface area contributed by atoms with Gasteiger partial charge in [0, 0.05) is 23.8 Å². The van der Waals surface area contributed by atoms with E-state index in [2.05, 4.69) is 68.1 Å². The Labute approximate surface area is 152 Å². The molecule has 1 N–H and O–H groups in total. The van der Waals surface area contributed by atoms with Gasteiger partial charge in [-0.2, -0.15) is 0 Å². The second kappa shape index (κ2) is 7.86. The van der Waals surface area contributed by atoms with Crippen LogP contribution in [-0.4, -0.2) is 4.98 Å². The monoisotopic (exact) mass is 334 g/mol. The molecule has 0 radical (unpaired) electrons. The van der Waals surface area contributed by atoms with Crippen molar-refractivity contribution in [3.63, 3.8) is 0 Å². The first kappa shape index (κ1) is 17.7. The van der Waals surface area contributed by atoms with Crippen LogP contribution in [0.2, 0.25) is 0 Å². The summed E-state index contributed by atoms with van der Waals surface area (Å²) in [5.74, 6) is 1.42. The topological polar surface area (TPSA) is 24.9 Å². The molecule has 2 atom stereocenters. The zero-order chi connectivity index (χ0) is 17.8. The van der Waals surface area contributed by atoms with E-state index >= 15 is 0 Å². The van der Waals surface area contributed by atoms with E-state index in [1.54, 1.807) is 0 Å². The van der Waals surface area contributed by atoms with Crippen molar-refractivity contribution in [2.24, 2.45) is 5.92 Å². The summed E-state index contributed by atoms with van der Waals surface area (Å²) in [4.78, 5) is 4.40. The maximum absolute atomic E-state index is 4.40. The largest absolute Gasteiger partial charge is 0.359 e. The minimum atomic E-state index is 0.668. The molecule has 25 heavy (non-hydrogen) atoms. The van der Waals surface area contributed by atoms with Crippen LogP contribution in [0.3, 0.4) is 0 Å². The average Bonchev–Trinajstić information content (AvgIpc) is 3.05. The standard InChI is InChI=1S/C23H30N2/c1-16-12-21(15-24-14-16)23-7-5-6-20(23)10-9-19(4)25-22-11-8-17(2)18(3)13-22/h8,11-15,20,23,25H,4-7,9-10H2,1-3H3. The molecular formula is C23H30N2. The Morgan fingerprint density at radius 2 is 1.96 bits per heavy atom. The Kier molecular flexibility index (Phi) is 5.57. The molecule has 132 valence electrons. The van der Waals surface area contributed by atoms with Gasteiger partial charge in [0.15, 0.2) is 0 Å². The molecule has 1 saturated carbocycles. The van der Waals surface area contributed by atoms with Gasteiger partial charge in [-0.15, -0.1) is 0 Å². The second-order valence-corrected chi connectivity index (χ2v) is 7.66. The number of hydrogen-bond donors (Lipinski definition) is 1. The zero-order valence-corrected chi connectivity index (χ0v) is 15.8. The highest BCUT2D eigenvalue weighted by Crippen LogP contribution is 2.42. The number of nitrogens with zero attached hydrogens (tertiary/aromatic N) is 1. The third-order valence-electron chi connectivity index (χ3n) is 5.63. The van der Waals surface area contributed by atoms with Crippen molar-refractivity contribution in [1.29, 1.82) is 0 Å². The fraction of sp³-hybridized carbons (Fsp3) is 0.435. The molecule has 0 bridgehead atoms. The van der Waals surface area contributed by atoms with E-state index < -0.39 is 0 Å². The van der Waals surface area contributed by atoms with Crippen LogP contribution in [0.15, 0.2) is 48.9 Å². The lowest BCUT2D eigenvalue weighted by Crippen LogP contribution is -2.09. The van der Waals surface area contributed by atoms with E-state index in [0.717, 1.165) is 23.7 Å². The van der Waals surface area contributed by atoms with E-state index in [1.807, 2.05) is 6.20 Å². The van der Waals surface area contributed by atoms with Gasteiger partial charge in [-0.3, -0.25) is 4.98 Å². The number of allylic oxidation sites excluding steroid dienone is 1. The lowest BCUT2D eigenvalue weighted by atomic mass is 9.86. The normalized spacial score (nSPS) is 19.8. The fourth-order valence-corrected chi connectivity index (χ4v) is 4.05. The summed E-state index contributed by atoms with van der Waals surface area (Å²) in [6.45, 7) is 10.7. The molecule has 0 saturated heterocycles. The van der Waals surface area contributed by atoms with Crippen molar-refractivity contribution in [3.05, 3.63) is 71.2 Å². The third-order valence-corrected chi connectivity index (χ3v) is 5.63. The number of benzene rings is 1. The summed E-state index contributed by atoms with van der Waals surface area (Å²) in [7, 11) is 0. The summed E-state index contributed by atoms with van der Waals surface area (Å²) in [5, 5.41) is 3.49. The van der Waals surface area contributed by atoms with Gasteiger partial charge < -0.3 is 5.32 Å². The van der Waals surface area contributed by atoms with Crippen molar-refractivity contribution in [3.8, 4) is 0 Å². The zero-order valence-electron chi connectivity index (χ0n) is 15.8. The van der Waals surface area contributed by atoms with Gasteiger partial charge in [0.25, 0.3) is 0 Å². The molecular weight excluding hydrogens is 304 g/mol. The minimum Gasteiger partial charge on any atom is -0.359 e. The number of rotatable bonds is 6. The van der Waals surface area contributed by atoms with Crippen LogP contribution in [0, 0.1) is 26.7 Å². The van der Waals surface area contributed by atoms with Gasteiger partial charge in [0.1, 0.15) is 0 Å². The first-order valence-electron chi connectivity index (χ1n) is 9.46. The van der Waals surface area contributed by atoms with E-state index in [9.17, 15) is 0 Å². The summed E-state index contributed by atoms with van der Waals surface area (Å²) in [6, 6.07) is 8.84. The number of aromatic nitrogens is 1. The van der Waals surface area contributed by atoms with E-state index in [0.29, 0.717) is 5.92 Å². The van der Waals surface area contributed by atoms with E-state index in [-0.39, 0.29) is 0 Å². The van der Waals surface area contributed by atoms with Crippen molar-refractivity contribution in [1.82, 2.24) is 4.98 Å². The van der Waals surface area contributed by atoms with Gasteiger partial charge in [-0.05, 0) is 92.7 Å². The minimum absolute atomic E-state index is 0.668. The quantitative estimate of drug-likeness (QED) is 0.671. The lowest BCUT2D eigenvalue weighted by Gasteiger charge is -2.21. The molecule has 1 fully saturated rings. The Bertz CT molecular complexity index is 748. The van der Waals surface area contributed by atoms with Gasteiger partial charge in [-0.25, -0.2) is 0 Å². The van der Waals surface area contributed by atoms with E-state index in [4.69, 9.17) is 0 Å². The van der Waals surface area contributed by atoms with Crippen LogP contribution in [0.25, 0.3) is 0 Å². The average molecular weight is 335 g/mol. The first-order valence-corrected chi connectivity index (χ1v) is 9.46. The number of anilines is 1. The third kappa shape index (κ3) is 4.50. The molecule has 2 heteroatoms. The maximum atomic E-state index is 4.40. The molecule has 1 heterocycles. The van der Waals surface area contributed by atoms with Crippen LogP contribution < -0.4 is 5.32 Å². The first-order chi connectivity index (χ1) is 12.0. The van der Waals surface area contributed by atoms with Crippen LogP contribution in [0.5, 0.6) is 0 Å².